The Balaban J connectivity index is 2.15. The predicted molar refractivity (Wildman–Crippen MR) is 142 cm³/mol. The van der Waals surface area contributed by atoms with Crippen LogP contribution in [0.1, 0.15) is 67.1 Å². The molecule has 1 amide bonds. The second-order valence-corrected chi connectivity index (χ2v) is 12.8. The fourth-order valence-corrected chi connectivity index (χ4v) is 7.24. The van der Waals surface area contributed by atoms with Gasteiger partial charge in [-0.15, -0.1) is 0 Å². The molecule has 5 N–H and O–H groups in total. The van der Waals surface area contributed by atoms with E-state index < -0.39 is 37.9 Å². The number of benzene rings is 2. The highest BCUT2D eigenvalue weighted by Crippen LogP contribution is 2.58. The second kappa shape index (κ2) is 11.5. The van der Waals surface area contributed by atoms with Gasteiger partial charge in [-0.05, 0) is 30.5 Å². The van der Waals surface area contributed by atoms with Crippen molar-refractivity contribution < 1.29 is 31.6 Å². The number of fused-ring (bicyclic) bond motifs is 1. The molecule has 2 aromatic rings. The summed E-state index contributed by atoms with van der Waals surface area (Å²) in [7, 11) is -6.16. The molecule has 0 spiro atoms. The molecule has 1 aliphatic rings. The number of methoxy groups -OCH3 is 1. The van der Waals surface area contributed by atoms with Crippen LogP contribution in [0.2, 0.25) is 0 Å². The first-order valence-corrected chi connectivity index (χ1v) is 15.3. The van der Waals surface area contributed by atoms with Gasteiger partial charge in [0.2, 0.25) is 0 Å². The van der Waals surface area contributed by atoms with Gasteiger partial charge in [-0.3, -0.25) is 23.8 Å². The van der Waals surface area contributed by atoms with Gasteiger partial charge < -0.3 is 10.1 Å². The first-order valence-electron chi connectivity index (χ1n) is 12.0. The van der Waals surface area contributed by atoms with Gasteiger partial charge in [0.15, 0.2) is 0 Å². The summed E-state index contributed by atoms with van der Waals surface area (Å²) in [5.74, 6) is -0.969. The standard InChI is InChI=1S/C25H36N2O7S2/c1-4-6-12-25(5-2)17-35(29,30)22-16-19(24(28)26-13-14-36(31,32)33)21(34-3)15-20(22)23(27-25)18-10-8-7-9-11-18/h7-11,15-16,23,27,29-30H,4-6,12-14,17H2,1-3H3,(H,26,28)(H,31,32,33)/t23-,25-/m1/s1. The number of carbonyl (C=O) groups is 1. The predicted octanol–water partition coefficient (Wildman–Crippen LogP) is 4.45. The quantitative estimate of drug-likeness (QED) is 0.278. The Hall–Kier alpha value is -2.15. The first-order chi connectivity index (χ1) is 16.9. The van der Waals surface area contributed by atoms with Crippen molar-refractivity contribution in [3.8, 4) is 5.75 Å². The minimum Gasteiger partial charge on any atom is -0.496 e. The van der Waals surface area contributed by atoms with Crippen molar-refractivity contribution >= 4 is 26.6 Å². The maximum Gasteiger partial charge on any atom is 0.266 e. The van der Waals surface area contributed by atoms with Crippen LogP contribution in [0.3, 0.4) is 0 Å². The third kappa shape index (κ3) is 6.58. The normalized spacial score (nSPS) is 22.2. The van der Waals surface area contributed by atoms with E-state index in [0.29, 0.717) is 12.0 Å². The van der Waals surface area contributed by atoms with Crippen molar-refractivity contribution in [2.45, 2.75) is 56.0 Å². The highest BCUT2D eigenvalue weighted by atomic mass is 32.3. The first kappa shape index (κ1) is 28.4. The van der Waals surface area contributed by atoms with E-state index in [4.69, 9.17) is 9.29 Å². The molecule has 0 radical (unpaired) electrons. The highest BCUT2D eigenvalue weighted by molar-refractivity contribution is 8.24. The fourth-order valence-electron chi connectivity index (χ4n) is 4.66. The number of unbranched alkanes of at least 4 members (excludes halogenated alkanes) is 1. The van der Waals surface area contributed by atoms with Gasteiger partial charge in [-0.1, -0.05) is 57.0 Å². The van der Waals surface area contributed by atoms with E-state index in [1.165, 1.54) is 13.2 Å². The molecule has 200 valence electrons. The zero-order chi connectivity index (χ0) is 26.6. The van der Waals surface area contributed by atoms with Gasteiger partial charge in [-0.25, -0.2) is 0 Å². The van der Waals surface area contributed by atoms with Gasteiger partial charge in [0, 0.05) is 17.6 Å². The van der Waals surface area contributed by atoms with Crippen LogP contribution in [0.25, 0.3) is 0 Å². The SMILES string of the molecule is CCCC[C@]1(CC)CS(O)(O)c2cc(C(=O)NCCS(=O)(=O)O)c(OC)cc2[C@@H](c2ccccc2)N1. The maximum atomic E-state index is 12.9. The Labute approximate surface area is 214 Å². The third-order valence-electron chi connectivity index (χ3n) is 6.63. The molecule has 36 heavy (non-hydrogen) atoms. The number of rotatable bonds is 10. The monoisotopic (exact) mass is 540 g/mol. The molecule has 3 rings (SSSR count). The summed E-state index contributed by atoms with van der Waals surface area (Å²) in [4.78, 5) is 13.2. The number of hydrogen-bond donors (Lipinski definition) is 5. The Bertz CT molecular complexity index is 1170. The average molecular weight is 541 g/mol. The fraction of sp³-hybridized carbons (Fsp3) is 0.480. The minimum atomic E-state index is -4.25. The van der Waals surface area contributed by atoms with Crippen LogP contribution in [0.15, 0.2) is 47.4 Å². The van der Waals surface area contributed by atoms with Crippen LogP contribution in [-0.2, 0) is 10.1 Å². The molecule has 1 heterocycles. The molecular formula is C25H36N2O7S2. The number of hydrogen-bond acceptors (Lipinski definition) is 7. The molecule has 9 nitrogen and oxygen atoms in total. The number of carbonyl (C=O) groups excluding carboxylic acids is 1. The summed E-state index contributed by atoms with van der Waals surface area (Å²) >= 11 is 0. The third-order valence-corrected chi connectivity index (χ3v) is 9.37. The van der Waals surface area contributed by atoms with E-state index in [-0.39, 0.29) is 34.5 Å². The zero-order valence-corrected chi connectivity index (χ0v) is 22.5. The molecule has 0 fully saturated rings. The van der Waals surface area contributed by atoms with Crippen molar-refractivity contribution in [2.75, 3.05) is 25.2 Å². The van der Waals surface area contributed by atoms with Crippen LogP contribution < -0.4 is 15.4 Å². The Morgan fingerprint density at radius 2 is 1.92 bits per heavy atom. The molecule has 1 aliphatic heterocycles. The van der Waals surface area contributed by atoms with Crippen molar-refractivity contribution in [1.29, 1.82) is 0 Å². The van der Waals surface area contributed by atoms with E-state index in [1.54, 1.807) is 6.07 Å². The second-order valence-electron chi connectivity index (χ2n) is 9.17. The van der Waals surface area contributed by atoms with E-state index in [0.717, 1.165) is 24.8 Å². The summed E-state index contributed by atoms with van der Waals surface area (Å²) < 4.78 is 59.5. The van der Waals surface area contributed by atoms with E-state index in [2.05, 4.69) is 17.6 Å². The van der Waals surface area contributed by atoms with Crippen molar-refractivity contribution in [2.24, 2.45) is 0 Å². The van der Waals surface area contributed by atoms with Crippen LogP contribution in [-0.4, -0.2) is 58.7 Å². The number of ether oxygens (including phenoxy) is 1. The molecule has 0 aromatic heterocycles. The molecule has 0 saturated carbocycles. The molecule has 2 atom stereocenters. The van der Waals surface area contributed by atoms with Crippen LogP contribution in [0.4, 0.5) is 0 Å². The molecule has 0 saturated heterocycles. The van der Waals surface area contributed by atoms with Crippen LogP contribution >= 0.6 is 10.6 Å². The molecule has 11 heteroatoms. The minimum absolute atomic E-state index is 0.0518. The number of nitrogens with one attached hydrogen (secondary N) is 2. The topological polar surface area (TPSA) is 145 Å². The summed E-state index contributed by atoms with van der Waals surface area (Å²) in [6, 6.07) is 12.4. The zero-order valence-electron chi connectivity index (χ0n) is 20.9. The smallest absolute Gasteiger partial charge is 0.266 e. The molecule has 0 unspecified atom stereocenters. The average Bonchev–Trinajstić information content (AvgIpc) is 2.93. The van der Waals surface area contributed by atoms with Crippen molar-refractivity contribution in [1.82, 2.24) is 10.6 Å². The summed E-state index contributed by atoms with van der Waals surface area (Å²) in [6.45, 7) is 3.82. The van der Waals surface area contributed by atoms with Gasteiger partial charge in [0.1, 0.15) is 5.75 Å². The molecule has 0 aliphatic carbocycles. The maximum absolute atomic E-state index is 12.9. The lowest BCUT2D eigenvalue weighted by molar-refractivity contribution is 0.0952. The molecular weight excluding hydrogens is 504 g/mol. The lowest BCUT2D eigenvalue weighted by Gasteiger charge is -2.42. The van der Waals surface area contributed by atoms with Crippen molar-refractivity contribution in [3.05, 3.63) is 59.2 Å². The van der Waals surface area contributed by atoms with Crippen LogP contribution in [0, 0.1) is 0 Å². The number of amides is 1. The Morgan fingerprint density at radius 3 is 2.50 bits per heavy atom. The van der Waals surface area contributed by atoms with Gasteiger partial charge in [0.25, 0.3) is 16.0 Å². The van der Waals surface area contributed by atoms with Crippen molar-refractivity contribution in [3.63, 3.8) is 0 Å². The summed E-state index contributed by atoms with van der Waals surface area (Å²) in [6.07, 6.45) is 3.32. The van der Waals surface area contributed by atoms with Crippen LogP contribution in [0.5, 0.6) is 5.75 Å². The Morgan fingerprint density at radius 1 is 1.22 bits per heavy atom. The highest BCUT2D eigenvalue weighted by Gasteiger charge is 2.42. The van der Waals surface area contributed by atoms with E-state index >= 15 is 0 Å². The summed E-state index contributed by atoms with van der Waals surface area (Å²) in [5.41, 5.74) is 1.06. The van der Waals surface area contributed by atoms with Gasteiger partial charge in [-0.2, -0.15) is 19.0 Å². The largest absolute Gasteiger partial charge is 0.496 e. The van der Waals surface area contributed by atoms with Gasteiger partial charge >= 0.3 is 0 Å². The lowest BCUT2D eigenvalue weighted by atomic mass is 9.88. The lowest BCUT2D eigenvalue weighted by Crippen LogP contribution is -2.49. The van der Waals surface area contributed by atoms with Gasteiger partial charge in [0.05, 0.1) is 35.1 Å². The van der Waals surface area contributed by atoms with E-state index in [1.807, 2.05) is 37.3 Å². The molecule has 2 aromatic carbocycles. The van der Waals surface area contributed by atoms with E-state index in [9.17, 15) is 22.3 Å². The Kier molecular flexibility index (Phi) is 9.07. The molecule has 0 bridgehead atoms. The summed E-state index contributed by atoms with van der Waals surface area (Å²) in [5, 5.41) is 6.19.